The summed E-state index contributed by atoms with van der Waals surface area (Å²) in [6.07, 6.45) is 0.633. The first-order chi connectivity index (χ1) is 14.6. The van der Waals surface area contributed by atoms with Crippen LogP contribution in [0, 0.1) is 5.92 Å². The van der Waals surface area contributed by atoms with Crippen molar-refractivity contribution in [3.8, 4) is 0 Å². The van der Waals surface area contributed by atoms with E-state index in [4.69, 9.17) is 0 Å². The first-order valence-corrected chi connectivity index (χ1v) is 11.2. The number of thiol groups is 1. The highest BCUT2D eigenvalue weighted by Crippen LogP contribution is 2.60. The molecule has 2 fully saturated rings. The van der Waals surface area contributed by atoms with Crippen LogP contribution in [0.25, 0.3) is 0 Å². The van der Waals surface area contributed by atoms with Gasteiger partial charge in [-0.25, -0.2) is 0 Å². The molecule has 2 aromatic carbocycles. The summed E-state index contributed by atoms with van der Waals surface area (Å²) in [5, 5.41) is 5.40. The summed E-state index contributed by atoms with van der Waals surface area (Å²) >= 11 is 5.49. The highest BCUT2D eigenvalue weighted by atomic mass is 32.2. The second-order valence-corrected chi connectivity index (χ2v) is 9.11. The molecule has 3 N–H and O–H groups in total. The molecule has 4 atom stereocenters. The Morgan fingerprint density at radius 2 is 1.77 bits per heavy atom. The molecule has 0 bridgehead atoms. The van der Waals surface area contributed by atoms with Crippen molar-refractivity contribution >= 4 is 42.3 Å². The minimum atomic E-state index is -0.874. The number of imide groups is 1. The maximum Gasteiger partial charge on any atom is 0.244 e. The molecule has 2 aliphatic rings. The van der Waals surface area contributed by atoms with Crippen LogP contribution in [-0.4, -0.2) is 34.3 Å². The first-order valence-electron chi connectivity index (χ1n) is 9.81. The number of carbonyl (C=O) groups excluding carboxylic acids is 3. The van der Waals surface area contributed by atoms with Gasteiger partial charge in [0.15, 0.2) is 0 Å². The van der Waals surface area contributed by atoms with Gasteiger partial charge in [-0.3, -0.25) is 24.4 Å². The standard InChI is InChI=1S/C22H23N3O3S2/c26-19-17-11-16(15-9-5-2-6-10-15)22(17,21(28)24-19)30-13-18(25-29)20(27)23-12-14-7-3-1-4-8-14/h1-10,16-18,25,29H,11-13H2,(H,23,27)(H,24,26,28)/t16-,17-,18-,22+/m1/s1. The zero-order valence-corrected chi connectivity index (χ0v) is 17.9. The van der Waals surface area contributed by atoms with E-state index in [0.29, 0.717) is 18.7 Å². The van der Waals surface area contributed by atoms with Crippen LogP contribution in [0.2, 0.25) is 0 Å². The third-order valence-electron chi connectivity index (χ3n) is 5.89. The number of fused-ring (bicyclic) bond motifs is 1. The Balaban J connectivity index is 1.45. The van der Waals surface area contributed by atoms with Crippen LogP contribution in [0.15, 0.2) is 60.7 Å². The molecule has 1 saturated heterocycles. The Bertz CT molecular complexity index is 941. The predicted molar refractivity (Wildman–Crippen MR) is 120 cm³/mol. The highest BCUT2D eigenvalue weighted by molar-refractivity contribution is 8.01. The first kappa shape index (κ1) is 21.0. The summed E-state index contributed by atoms with van der Waals surface area (Å²) in [6, 6.07) is 18.8. The fraction of sp³-hybridized carbons (Fsp3) is 0.318. The smallest absolute Gasteiger partial charge is 0.244 e. The van der Waals surface area contributed by atoms with Crippen molar-refractivity contribution in [2.24, 2.45) is 5.92 Å². The molecule has 1 aliphatic heterocycles. The molecule has 1 heterocycles. The normalized spacial score (nSPS) is 25.8. The molecular formula is C22H23N3O3S2. The fourth-order valence-corrected chi connectivity index (χ4v) is 6.25. The lowest BCUT2D eigenvalue weighted by atomic mass is 9.62. The molecule has 0 unspecified atom stereocenters. The summed E-state index contributed by atoms with van der Waals surface area (Å²) in [7, 11) is 0. The molecule has 0 aromatic heterocycles. The SMILES string of the molecule is O=C1NC(=O)[C@@]2(SC[C@@H](NS)C(=O)NCc3ccccc3)[C@@H]1C[C@@H]2c1ccccc1. The fourth-order valence-electron chi connectivity index (χ4n) is 4.22. The van der Waals surface area contributed by atoms with Crippen LogP contribution < -0.4 is 15.4 Å². The third-order valence-corrected chi connectivity index (χ3v) is 7.93. The average Bonchev–Trinajstić information content (AvgIpc) is 2.93. The molecule has 2 aromatic rings. The monoisotopic (exact) mass is 441 g/mol. The summed E-state index contributed by atoms with van der Waals surface area (Å²) in [5.74, 6) is -0.783. The molecule has 3 amide bonds. The van der Waals surface area contributed by atoms with Gasteiger partial charge in [0.05, 0.1) is 5.92 Å². The van der Waals surface area contributed by atoms with Gasteiger partial charge in [-0.1, -0.05) is 73.5 Å². The average molecular weight is 442 g/mol. The number of hydrogen-bond donors (Lipinski definition) is 4. The van der Waals surface area contributed by atoms with Crippen LogP contribution in [0.3, 0.4) is 0 Å². The number of thioether (sulfide) groups is 1. The second kappa shape index (κ2) is 8.83. The van der Waals surface area contributed by atoms with E-state index < -0.39 is 10.8 Å². The van der Waals surface area contributed by atoms with Gasteiger partial charge in [-0.2, -0.15) is 0 Å². The van der Waals surface area contributed by atoms with Gasteiger partial charge in [0.2, 0.25) is 17.7 Å². The lowest BCUT2D eigenvalue weighted by Crippen LogP contribution is -2.55. The Morgan fingerprint density at radius 1 is 1.10 bits per heavy atom. The van der Waals surface area contributed by atoms with Crippen LogP contribution in [0.4, 0.5) is 0 Å². The molecule has 30 heavy (non-hydrogen) atoms. The summed E-state index contributed by atoms with van der Waals surface area (Å²) in [6.45, 7) is 0.412. The molecule has 0 spiro atoms. The van der Waals surface area contributed by atoms with E-state index in [1.54, 1.807) is 0 Å². The molecule has 8 heteroatoms. The Kier molecular flexibility index (Phi) is 6.17. The van der Waals surface area contributed by atoms with Crippen molar-refractivity contribution in [1.82, 2.24) is 15.4 Å². The molecular weight excluding hydrogens is 418 g/mol. The third kappa shape index (κ3) is 3.75. The van der Waals surface area contributed by atoms with Gasteiger partial charge in [0, 0.05) is 18.2 Å². The van der Waals surface area contributed by atoms with Crippen LogP contribution >= 0.6 is 24.6 Å². The number of nitrogens with one attached hydrogen (secondary N) is 3. The van der Waals surface area contributed by atoms with Crippen molar-refractivity contribution in [3.63, 3.8) is 0 Å². The van der Waals surface area contributed by atoms with Crippen LogP contribution in [0.5, 0.6) is 0 Å². The van der Waals surface area contributed by atoms with Gasteiger partial charge < -0.3 is 5.32 Å². The van der Waals surface area contributed by atoms with Gasteiger partial charge in [-0.15, -0.1) is 11.8 Å². The number of hydrogen-bond acceptors (Lipinski definition) is 6. The van der Waals surface area contributed by atoms with Crippen molar-refractivity contribution in [1.29, 1.82) is 0 Å². The van der Waals surface area contributed by atoms with E-state index in [1.807, 2.05) is 60.7 Å². The topological polar surface area (TPSA) is 87.3 Å². The molecule has 1 saturated carbocycles. The minimum Gasteiger partial charge on any atom is -0.351 e. The number of benzene rings is 2. The molecule has 4 rings (SSSR count). The summed E-state index contributed by atoms with van der Waals surface area (Å²) in [5.41, 5.74) is 2.04. The van der Waals surface area contributed by atoms with Crippen molar-refractivity contribution in [3.05, 3.63) is 71.8 Å². The van der Waals surface area contributed by atoms with Crippen LogP contribution in [-0.2, 0) is 20.9 Å². The van der Waals surface area contributed by atoms with Crippen LogP contribution in [0.1, 0.15) is 23.5 Å². The van der Waals surface area contributed by atoms with Crippen molar-refractivity contribution < 1.29 is 14.4 Å². The lowest BCUT2D eigenvalue weighted by molar-refractivity contribution is -0.126. The predicted octanol–water partition coefficient (Wildman–Crippen LogP) is 2.04. The number of rotatable bonds is 8. The van der Waals surface area contributed by atoms with Crippen molar-refractivity contribution in [2.45, 2.75) is 29.7 Å². The number of carbonyl (C=O) groups is 3. The lowest BCUT2D eigenvalue weighted by Gasteiger charge is -2.48. The minimum absolute atomic E-state index is 0.0619. The van der Waals surface area contributed by atoms with Gasteiger partial charge in [0.25, 0.3) is 0 Å². The second-order valence-electron chi connectivity index (χ2n) is 7.56. The molecule has 0 radical (unpaired) electrons. The van der Waals surface area contributed by atoms with E-state index in [1.165, 1.54) is 11.8 Å². The number of amides is 3. The molecule has 156 valence electrons. The maximum atomic E-state index is 12.8. The van der Waals surface area contributed by atoms with E-state index in [-0.39, 0.29) is 29.6 Å². The van der Waals surface area contributed by atoms with Gasteiger partial charge >= 0.3 is 0 Å². The maximum absolute atomic E-state index is 12.8. The van der Waals surface area contributed by atoms with E-state index in [0.717, 1.165) is 11.1 Å². The Morgan fingerprint density at radius 3 is 2.40 bits per heavy atom. The van der Waals surface area contributed by atoms with Gasteiger partial charge in [-0.05, 0) is 17.5 Å². The highest BCUT2D eigenvalue weighted by Gasteiger charge is 2.68. The van der Waals surface area contributed by atoms with Gasteiger partial charge in [0.1, 0.15) is 10.8 Å². The Hall–Kier alpha value is -2.29. The Labute approximate surface area is 185 Å². The quantitative estimate of drug-likeness (QED) is 0.372. The molecule has 6 nitrogen and oxygen atoms in total. The van der Waals surface area contributed by atoms with E-state index >= 15 is 0 Å². The molecule has 1 aliphatic carbocycles. The van der Waals surface area contributed by atoms with Crippen molar-refractivity contribution in [2.75, 3.05) is 5.75 Å². The summed E-state index contributed by atoms with van der Waals surface area (Å²) < 4.78 is 1.87. The summed E-state index contributed by atoms with van der Waals surface area (Å²) in [4.78, 5) is 37.8. The van der Waals surface area contributed by atoms with E-state index in [9.17, 15) is 14.4 Å². The zero-order chi connectivity index (χ0) is 21.1. The zero-order valence-electron chi connectivity index (χ0n) is 16.2. The van der Waals surface area contributed by atoms with E-state index in [2.05, 4.69) is 28.2 Å². The largest absolute Gasteiger partial charge is 0.351 e.